The van der Waals surface area contributed by atoms with Gasteiger partial charge in [-0.05, 0) is 0 Å². The van der Waals surface area contributed by atoms with E-state index in [0.717, 1.165) is 5.56 Å². The summed E-state index contributed by atoms with van der Waals surface area (Å²) in [6, 6.07) is 6.30. The zero-order valence-electron chi connectivity index (χ0n) is 11.2. The van der Waals surface area contributed by atoms with Crippen molar-refractivity contribution in [3.8, 4) is 5.75 Å². The number of amidine groups is 1. The molecule has 0 aliphatic carbocycles. The van der Waals surface area contributed by atoms with Crippen LogP contribution in [0.1, 0.15) is 25.5 Å². The summed E-state index contributed by atoms with van der Waals surface area (Å²) in [6.45, 7) is 3.85. The molecule has 6 heteroatoms. The number of carbonyl (C=O) groups excluding carboxylic acids is 1. The maximum absolute atomic E-state index is 12.1. The second-order valence-corrected chi connectivity index (χ2v) is 5.20. The van der Waals surface area contributed by atoms with Gasteiger partial charge in [-0.2, -0.15) is 0 Å². The molecular weight excluding hydrogens is 323 g/mol. The van der Waals surface area contributed by atoms with Gasteiger partial charge in [-0.1, -0.05) is 0 Å². The quantitative estimate of drug-likeness (QED) is 0.672. The molecule has 105 valence electrons. The molecule has 0 saturated heterocycles. The molecule has 0 aromatic heterocycles. The van der Waals surface area contributed by atoms with Gasteiger partial charge in [-0.25, -0.2) is 0 Å². The average Bonchev–Trinajstić information content (AvgIpc) is 2.37. The van der Waals surface area contributed by atoms with Crippen molar-refractivity contribution in [1.82, 2.24) is 0 Å². The van der Waals surface area contributed by atoms with Gasteiger partial charge in [-0.3, -0.25) is 0 Å². The number of phenolic OH excluding ortho intramolecular Hbond substituents is 1. The molecular formula is C14H15N2O3Se. The molecule has 0 bridgehead atoms. The Morgan fingerprint density at radius 1 is 1.50 bits per heavy atom. The Balaban J connectivity index is 2.41. The van der Waals surface area contributed by atoms with Crippen LogP contribution >= 0.6 is 0 Å². The predicted molar refractivity (Wildman–Crippen MR) is 77.3 cm³/mol. The number of hydrogen-bond donors (Lipinski definition) is 1. The Hall–Kier alpha value is -1.65. The van der Waals surface area contributed by atoms with Gasteiger partial charge in [0.2, 0.25) is 0 Å². The fourth-order valence-electron chi connectivity index (χ4n) is 2.18. The summed E-state index contributed by atoms with van der Waals surface area (Å²) in [5, 5.41) is 9.60. The summed E-state index contributed by atoms with van der Waals surface area (Å²) >= 11 is 2.76. The molecule has 0 amide bonds. The first kappa shape index (κ1) is 14.8. The van der Waals surface area contributed by atoms with Crippen LogP contribution in [-0.2, 0) is 9.53 Å². The van der Waals surface area contributed by atoms with Crippen LogP contribution in [0.5, 0.6) is 5.75 Å². The summed E-state index contributed by atoms with van der Waals surface area (Å²) in [4.78, 5) is 20.7. The number of carbonyl (C=O) groups is 1. The number of hydrogen-bond acceptors (Lipinski definition) is 5. The number of phenols is 1. The van der Waals surface area contributed by atoms with Gasteiger partial charge in [0.1, 0.15) is 0 Å². The van der Waals surface area contributed by atoms with Gasteiger partial charge in [0, 0.05) is 0 Å². The minimum atomic E-state index is -0.561. The van der Waals surface area contributed by atoms with Crippen molar-refractivity contribution in [2.24, 2.45) is 15.9 Å². The second-order valence-electron chi connectivity index (χ2n) is 4.43. The number of aliphatic imine (C=N–C) groups is 2. The van der Waals surface area contributed by atoms with E-state index in [2.05, 4.69) is 26.0 Å². The molecule has 2 rings (SSSR count). The van der Waals surface area contributed by atoms with E-state index in [0.29, 0.717) is 17.1 Å². The van der Waals surface area contributed by atoms with Crippen molar-refractivity contribution in [2.45, 2.75) is 19.9 Å². The van der Waals surface area contributed by atoms with Gasteiger partial charge in [0.05, 0.1) is 0 Å². The molecule has 0 spiro atoms. The van der Waals surface area contributed by atoms with Crippen molar-refractivity contribution in [2.75, 3.05) is 6.61 Å². The molecule has 1 aromatic carbocycles. The van der Waals surface area contributed by atoms with Crippen molar-refractivity contribution < 1.29 is 14.6 Å². The van der Waals surface area contributed by atoms with E-state index in [1.54, 1.807) is 32.0 Å². The number of esters is 1. The van der Waals surface area contributed by atoms with Crippen LogP contribution < -0.4 is 0 Å². The van der Waals surface area contributed by atoms with Gasteiger partial charge in [0.25, 0.3) is 0 Å². The van der Waals surface area contributed by atoms with E-state index in [-0.39, 0.29) is 11.7 Å². The van der Waals surface area contributed by atoms with Crippen molar-refractivity contribution in [3.63, 3.8) is 0 Å². The Morgan fingerprint density at radius 3 is 2.90 bits per heavy atom. The molecule has 2 atom stereocenters. The second kappa shape index (κ2) is 6.20. The van der Waals surface area contributed by atoms with Gasteiger partial charge < -0.3 is 0 Å². The standard InChI is InChI=1S/C14H15N2O3Se/c1-3-19-13(18)11-8(2)15-14(20)16-12(11)9-5-4-6-10(17)7-9/h4-7,11-12,17H,3H2,1-2H3. The number of aromatic hydroxyl groups is 1. The van der Waals surface area contributed by atoms with Gasteiger partial charge >= 0.3 is 125 Å². The van der Waals surface area contributed by atoms with Crippen LogP contribution in [0.3, 0.4) is 0 Å². The molecule has 5 nitrogen and oxygen atoms in total. The summed E-state index contributed by atoms with van der Waals surface area (Å²) in [7, 11) is 0. The molecule has 1 N–H and O–H groups in total. The van der Waals surface area contributed by atoms with E-state index in [1.165, 1.54) is 0 Å². The Morgan fingerprint density at radius 2 is 2.25 bits per heavy atom. The van der Waals surface area contributed by atoms with Crippen molar-refractivity contribution >= 4 is 32.4 Å². The molecule has 1 aromatic rings. The molecule has 20 heavy (non-hydrogen) atoms. The first-order valence-electron chi connectivity index (χ1n) is 6.28. The van der Waals surface area contributed by atoms with Crippen LogP contribution in [0.4, 0.5) is 0 Å². The topological polar surface area (TPSA) is 71.2 Å². The van der Waals surface area contributed by atoms with Crippen molar-refractivity contribution in [1.29, 1.82) is 0 Å². The third-order valence-corrected chi connectivity index (χ3v) is 3.45. The molecule has 1 radical (unpaired) electrons. The molecule has 2 unspecified atom stereocenters. The predicted octanol–water partition coefficient (Wildman–Crippen LogP) is 1.61. The van der Waals surface area contributed by atoms with E-state index in [1.807, 2.05) is 6.07 Å². The fourth-order valence-corrected chi connectivity index (χ4v) is 2.72. The maximum atomic E-state index is 12.1. The van der Waals surface area contributed by atoms with E-state index in [4.69, 9.17) is 4.74 Å². The first-order chi connectivity index (χ1) is 9.52. The molecule has 0 saturated carbocycles. The number of rotatable bonds is 3. The molecule has 1 aliphatic rings. The van der Waals surface area contributed by atoms with E-state index < -0.39 is 12.0 Å². The zero-order chi connectivity index (χ0) is 14.7. The normalized spacial score (nSPS) is 21.9. The van der Waals surface area contributed by atoms with Crippen LogP contribution in [0.15, 0.2) is 34.3 Å². The van der Waals surface area contributed by atoms with Gasteiger partial charge in [-0.15, -0.1) is 0 Å². The Bertz CT molecular complexity index is 584. The summed E-state index contributed by atoms with van der Waals surface area (Å²) in [5.74, 6) is -0.769. The monoisotopic (exact) mass is 339 g/mol. The third kappa shape index (κ3) is 3.08. The SMILES string of the molecule is CCOC(=O)C1C(C)=NC([Se])=NC1c1cccc(O)c1. The number of benzene rings is 1. The minimum absolute atomic E-state index is 0.141. The number of ether oxygens (including phenoxy) is 1. The summed E-state index contributed by atoms with van der Waals surface area (Å²) in [6.07, 6.45) is 0. The Kier molecular flexibility index (Phi) is 4.57. The van der Waals surface area contributed by atoms with Crippen LogP contribution in [0.2, 0.25) is 0 Å². The summed E-state index contributed by atoms with van der Waals surface area (Å²) in [5.41, 5.74) is 1.41. The fraction of sp³-hybridized carbons (Fsp3) is 0.357. The third-order valence-electron chi connectivity index (χ3n) is 3.04. The van der Waals surface area contributed by atoms with Gasteiger partial charge in [0.15, 0.2) is 0 Å². The zero-order valence-corrected chi connectivity index (χ0v) is 13.0. The Labute approximate surface area is 125 Å². The van der Waals surface area contributed by atoms with Crippen molar-refractivity contribution in [3.05, 3.63) is 29.8 Å². The number of nitrogens with zero attached hydrogens (tertiary/aromatic N) is 2. The molecule has 1 aliphatic heterocycles. The van der Waals surface area contributed by atoms with E-state index >= 15 is 0 Å². The summed E-state index contributed by atoms with van der Waals surface area (Å²) < 4.78 is 5.60. The van der Waals surface area contributed by atoms with Crippen LogP contribution in [-0.4, -0.2) is 44.1 Å². The van der Waals surface area contributed by atoms with Crippen LogP contribution in [0.25, 0.3) is 0 Å². The molecule has 1 heterocycles. The first-order valence-corrected chi connectivity index (χ1v) is 7.14. The van der Waals surface area contributed by atoms with Crippen LogP contribution in [0, 0.1) is 5.92 Å². The molecule has 0 fully saturated rings. The van der Waals surface area contributed by atoms with E-state index in [9.17, 15) is 9.90 Å². The average molecular weight is 338 g/mol.